The van der Waals surface area contributed by atoms with Gasteiger partial charge in [-0.05, 0) is 48.5 Å². The van der Waals surface area contributed by atoms with E-state index in [9.17, 15) is 19.1 Å². The van der Waals surface area contributed by atoms with Gasteiger partial charge in [0.05, 0.1) is 10.9 Å². The van der Waals surface area contributed by atoms with Crippen molar-refractivity contribution in [3.8, 4) is 5.75 Å². The van der Waals surface area contributed by atoms with E-state index >= 15 is 0 Å². The number of halogens is 1. The van der Waals surface area contributed by atoms with Crippen LogP contribution < -0.4 is 5.32 Å². The molecule has 2 N–H and O–H groups in total. The number of Topliss-reactive ketones (excluding diaryl/α,β-unsaturated/α-hetero) is 1. The van der Waals surface area contributed by atoms with Crippen molar-refractivity contribution < 1.29 is 19.1 Å². The molecule has 5 nitrogen and oxygen atoms in total. The number of carbonyl (C=O) groups excluding carboxylic acids is 2. The van der Waals surface area contributed by atoms with Gasteiger partial charge in [-0.1, -0.05) is 11.8 Å². The fraction of sp³-hybridized carbons (Fsp3) is 0.118. The van der Waals surface area contributed by atoms with Crippen LogP contribution in [0.2, 0.25) is 0 Å². The number of phenolic OH excluding ortho intramolecular Hbond substituents is 1. The summed E-state index contributed by atoms with van der Waals surface area (Å²) < 4.78 is 12.9. The van der Waals surface area contributed by atoms with Gasteiger partial charge in [0.15, 0.2) is 11.0 Å². The maximum atomic E-state index is 12.9. The van der Waals surface area contributed by atoms with E-state index in [-0.39, 0.29) is 23.9 Å². The summed E-state index contributed by atoms with van der Waals surface area (Å²) in [4.78, 5) is 28.4. The summed E-state index contributed by atoms with van der Waals surface area (Å²) in [6.07, 6.45) is 0.0106. The molecule has 0 saturated carbocycles. The Hall–Kier alpha value is -2.67. The number of amidine groups is 1. The average molecular weight is 344 g/mol. The Morgan fingerprint density at radius 1 is 1.17 bits per heavy atom. The van der Waals surface area contributed by atoms with E-state index < -0.39 is 11.1 Å². The number of rotatable bonds is 4. The molecule has 1 saturated heterocycles. The third kappa shape index (κ3) is 3.80. The molecule has 0 aromatic heterocycles. The number of nitrogens with one attached hydrogen (secondary N) is 1. The van der Waals surface area contributed by atoms with E-state index in [0.717, 1.165) is 0 Å². The molecular formula is C17H13FN2O3S. The lowest BCUT2D eigenvalue weighted by Crippen LogP contribution is -2.26. The SMILES string of the molecule is O=C(C[C@@H]1SC(=Nc2ccc(O)cc2)NC1=O)c1ccc(F)cc1. The van der Waals surface area contributed by atoms with Crippen LogP contribution in [0.15, 0.2) is 53.5 Å². The monoisotopic (exact) mass is 344 g/mol. The first kappa shape index (κ1) is 16.2. The van der Waals surface area contributed by atoms with Gasteiger partial charge in [0.1, 0.15) is 11.6 Å². The molecule has 0 spiro atoms. The molecular weight excluding hydrogens is 331 g/mol. The normalized spacial score (nSPS) is 18.6. The molecule has 0 bridgehead atoms. The molecule has 2 aromatic rings. The lowest BCUT2D eigenvalue weighted by molar-refractivity contribution is -0.118. The lowest BCUT2D eigenvalue weighted by Gasteiger charge is -2.04. The third-order valence-corrected chi connectivity index (χ3v) is 4.48. The number of ketones is 1. The van der Waals surface area contributed by atoms with Gasteiger partial charge in [-0.2, -0.15) is 0 Å². The minimum atomic E-state index is -0.571. The topological polar surface area (TPSA) is 78.8 Å². The summed E-state index contributed by atoms with van der Waals surface area (Å²) in [5.74, 6) is -0.797. The molecule has 1 aliphatic heterocycles. The number of carbonyl (C=O) groups is 2. The first-order valence-electron chi connectivity index (χ1n) is 7.15. The highest BCUT2D eigenvalue weighted by atomic mass is 32.2. The second-order valence-electron chi connectivity index (χ2n) is 5.16. The summed E-state index contributed by atoms with van der Waals surface area (Å²) in [7, 11) is 0. The van der Waals surface area contributed by atoms with Crippen LogP contribution in [0, 0.1) is 5.82 Å². The van der Waals surface area contributed by atoms with E-state index in [2.05, 4.69) is 10.3 Å². The number of aromatic hydroxyl groups is 1. The Labute approximate surface area is 141 Å². The van der Waals surface area contributed by atoms with E-state index in [1.807, 2.05) is 0 Å². The summed E-state index contributed by atoms with van der Waals surface area (Å²) >= 11 is 1.18. The van der Waals surface area contributed by atoms with Gasteiger partial charge in [-0.3, -0.25) is 9.59 Å². The van der Waals surface area contributed by atoms with Gasteiger partial charge in [-0.25, -0.2) is 9.38 Å². The minimum absolute atomic E-state index is 0.0106. The molecule has 7 heteroatoms. The van der Waals surface area contributed by atoms with E-state index in [1.165, 1.54) is 48.2 Å². The first-order valence-corrected chi connectivity index (χ1v) is 8.03. The maximum Gasteiger partial charge on any atom is 0.240 e. The van der Waals surface area contributed by atoms with Gasteiger partial charge in [0.25, 0.3) is 0 Å². The Kier molecular flexibility index (Phi) is 4.61. The van der Waals surface area contributed by atoms with Crippen molar-refractivity contribution in [2.75, 3.05) is 0 Å². The van der Waals surface area contributed by atoms with Crippen LogP contribution in [-0.2, 0) is 4.79 Å². The summed E-state index contributed by atoms with van der Waals surface area (Å²) in [6, 6.07) is 11.5. The molecule has 0 aliphatic carbocycles. The smallest absolute Gasteiger partial charge is 0.240 e. The van der Waals surface area contributed by atoms with Crippen LogP contribution in [0.4, 0.5) is 10.1 Å². The number of amides is 1. The second-order valence-corrected chi connectivity index (χ2v) is 6.35. The molecule has 2 aromatic carbocycles. The van der Waals surface area contributed by atoms with Crippen molar-refractivity contribution in [1.29, 1.82) is 0 Å². The van der Waals surface area contributed by atoms with Crippen LogP contribution >= 0.6 is 11.8 Å². The fourth-order valence-corrected chi connectivity index (χ4v) is 3.15. The van der Waals surface area contributed by atoms with Crippen molar-refractivity contribution in [1.82, 2.24) is 5.32 Å². The minimum Gasteiger partial charge on any atom is -0.508 e. The zero-order valence-electron chi connectivity index (χ0n) is 12.4. The molecule has 1 heterocycles. The Morgan fingerprint density at radius 2 is 1.83 bits per heavy atom. The number of hydrogen-bond donors (Lipinski definition) is 2. The highest BCUT2D eigenvalue weighted by Crippen LogP contribution is 2.27. The van der Waals surface area contributed by atoms with Crippen LogP contribution in [0.3, 0.4) is 0 Å². The number of aliphatic imine (C=N–C) groups is 1. The highest BCUT2D eigenvalue weighted by molar-refractivity contribution is 8.15. The van der Waals surface area contributed by atoms with Crippen molar-refractivity contribution >= 4 is 34.3 Å². The van der Waals surface area contributed by atoms with Gasteiger partial charge in [-0.15, -0.1) is 0 Å². The Bertz CT molecular complexity index is 804. The van der Waals surface area contributed by atoms with Gasteiger partial charge >= 0.3 is 0 Å². The number of phenols is 1. The predicted octanol–water partition coefficient (Wildman–Crippen LogP) is 3.02. The summed E-state index contributed by atoms with van der Waals surface area (Å²) in [6.45, 7) is 0. The standard InChI is InChI=1S/C17H13FN2O3S/c18-11-3-1-10(2-4-11)14(22)9-15-16(23)20-17(24-15)19-12-5-7-13(21)8-6-12/h1-8,15,21H,9H2,(H,19,20,23)/t15-/m0/s1. The zero-order valence-corrected chi connectivity index (χ0v) is 13.2. The van der Waals surface area contributed by atoms with Crippen LogP contribution in [0.1, 0.15) is 16.8 Å². The number of benzene rings is 2. The number of thioether (sulfide) groups is 1. The van der Waals surface area contributed by atoms with E-state index in [1.54, 1.807) is 12.1 Å². The van der Waals surface area contributed by atoms with Gasteiger partial charge < -0.3 is 10.4 Å². The first-order chi connectivity index (χ1) is 11.5. The summed E-state index contributed by atoms with van der Waals surface area (Å²) in [5.41, 5.74) is 0.954. The third-order valence-electron chi connectivity index (χ3n) is 3.39. The molecule has 1 fully saturated rings. The Morgan fingerprint density at radius 3 is 2.50 bits per heavy atom. The molecule has 0 radical (unpaired) electrons. The highest BCUT2D eigenvalue weighted by Gasteiger charge is 2.32. The van der Waals surface area contributed by atoms with E-state index in [0.29, 0.717) is 16.4 Å². The van der Waals surface area contributed by atoms with Crippen molar-refractivity contribution in [2.24, 2.45) is 4.99 Å². The van der Waals surface area contributed by atoms with Gasteiger partial charge in [0.2, 0.25) is 5.91 Å². The number of hydrogen-bond acceptors (Lipinski definition) is 5. The largest absolute Gasteiger partial charge is 0.508 e. The Balaban J connectivity index is 1.67. The quantitative estimate of drug-likeness (QED) is 0.836. The number of nitrogens with zero attached hydrogens (tertiary/aromatic N) is 1. The molecule has 1 aliphatic rings. The van der Waals surface area contributed by atoms with Crippen LogP contribution in [-0.4, -0.2) is 27.2 Å². The van der Waals surface area contributed by atoms with Gasteiger partial charge in [0, 0.05) is 12.0 Å². The second kappa shape index (κ2) is 6.84. The lowest BCUT2D eigenvalue weighted by atomic mass is 10.1. The zero-order chi connectivity index (χ0) is 17.1. The van der Waals surface area contributed by atoms with Crippen molar-refractivity contribution in [3.05, 3.63) is 59.9 Å². The van der Waals surface area contributed by atoms with Crippen molar-refractivity contribution in [3.63, 3.8) is 0 Å². The predicted molar refractivity (Wildman–Crippen MR) is 90.1 cm³/mol. The molecule has 122 valence electrons. The van der Waals surface area contributed by atoms with E-state index in [4.69, 9.17) is 0 Å². The molecule has 24 heavy (non-hydrogen) atoms. The average Bonchev–Trinajstić information content (AvgIpc) is 2.89. The van der Waals surface area contributed by atoms with Crippen molar-refractivity contribution in [2.45, 2.75) is 11.7 Å². The maximum absolute atomic E-state index is 12.9. The fourth-order valence-electron chi connectivity index (χ4n) is 2.16. The molecule has 1 amide bonds. The summed E-state index contributed by atoms with van der Waals surface area (Å²) in [5, 5.41) is 11.7. The molecule has 3 rings (SSSR count). The molecule has 1 atom stereocenters. The molecule has 0 unspecified atom stereocenters. The van der Waals surface area contributed by atoms with Crippen LogP contribution in [0.5, 0.6) is 5.75 Å². The van der Waals surface area contributed by atoms with Crippen LogP contribution in [0.25, 0.3) is 0 Å².